The molecule has 0 amide bonds. The Morgan fingerprint density at radius 1 is 1.29 bits per heavy atom. The van der Waals surface area contributed by atoms with Crippen LogP contribution in [0.25, 0.3) is 0 Å². The van der Waals surface area contributed by atoms with Crippen LogP contribution in [0.3, 0.4) is 0 Å². The average molecular weight is 240 g/mol. The molecule has 0 spiro atoms. The van der Waals surface area contributed by atoms with Gasteiger partial charge in [-0.05, 0) is 51.1 Å². The summed E-state index contributed by atoms with van der Waals surface area (Å²) in [5.74, 6) is 0.739. The molecule has 2 fully saturated rings. The first-order valence-corrected chi connectivity index (χ1v) is 7.15. The zero-order valence-electron chi connectivity index (χ0n) is 11.4. The average Bonchev–Trinajstić information content (AvgIpc) is 2.64. The Kier molecular flexibility index (Phi) is 4.45. The van der Waals surface area contributed by atoms with E-state index in [-0.39, 0.29) is 6.10 Å². The van der Waals surface area contributed by atoms with E-state index in [0.29, 0.717) is 5.41 Å². The van der Waals surface area contributed by atoms with Gasteiger partial charge in [0.1, 0.15) is 0 Å². The molecule has 2 aliphatic rings. The van der Waals surface area contributed by atoms with Crippen LogP contribution in [-0.4, -0.2) is 49.8 Å². The summed E-state index contributed by atoms with van der Waals surface area (Å²) >= 11 is 0. The zero-order chi connectivity index (χ0) is 12.3. The molecule has 0 radical (unpaired) electrons. The number of aliphatic hydroxyl groups is 1. The maximum Gasteiger partial charge on any atom is 0.0546 e. The molecule has 0 aromatic rings. The summed E-state index contributed by atoms with van der Waals surface area (Å²) in [5.41, 5.74) is 0.520. The zero-order valence-corrected chi connectivity index (χ0v) is 11.4. The first-order valence-electron chi connectivity index (χ1n) is 7.15. The minimum atomic E-state index is -0.00820. The highest BCUT2D eigenvalue weighted by Crippen LogP contribution is 2.38. The number of hydrogen-bond donors (Lipinski definition) is 2. The highest BCUT2D eigenvalue weighted by molar-refractivity contribution is 4.90. The SMILES string of the molecule is CNCC1(CN(C)CC2CC(O)C2)CCCC1. The first kappa shape index (κ1) is 13.3. The predicted octanol–water partition coefficient (Wildman–Crippen LogP) is 1.47. The normalized spacial score (nSPS) is 31.8. The summed E-state index contributed by atoms with van der Waals surface area (Å²) in [6, 6.07) is 0. The molecule has 2 saturated carbocycles. The third-order valence-electron chi connectivity index (χ3n) is 4.60. The van der Waals surface area contributed by atoms with Crippen LogP contribution >= 0.6 is 0 Å². The molecule has 0 aliphatic heterocycles. The second-order valence-electron chi connectivity index (χ2n) is 6.43. The molecule has 0 aromatic carbocycles. The molecule has 3 heteroatoms. The van der Waals surface area contributed by atoms with Gasteiger partial charge in [0.25, 0.3) is 0 Å². The molecule has 0 saturated heterocycles. The molecule has 3 nitrogen and oxygen atoms in total. The van der Waals surface area contributed by atoms with E-state index in [4.69, 9.17) is 0 Å². The Labute approximate surface area is 106 Å². The highest BCUT2D eigenvalue weighted by Gasteiger charge is 2.35. The molecule has 100 valence electrons. The van der Waals surface area contributed by atoms with Gasteiger partial charge < -0.3 is 15.3 Å². The number of nitrogens with zero attached hydrogens (tertiary/aromatic N) is 1. The van der Waals surface area contributed by atoms with E-state index in [1.165, 1.54) is 38.8 Å². The molecular weight excluding hydrogens is 212 g/mol. The second kappa shape index (κ2) is 5.68. The molecular formula is C14H28N2O. The summed E-state index contributed by atoms with van der Waals surface area (Å²) in [5, 5.41) is 12.7. The van der Waals surface area contributed by atoms with E-state index < -0.39 is 0 Å². The van der Waals surface area contributed by atoms with Crippen LogP contribution in [0.2, 0.25) is 0 Å². The Morgan fingerprint density at radius 2 is 1.94 bits per heavy atom. The van der Waals surface area contributed by atoms with Gasteiger partial charge in [0.2, 0.25) is 0 Å². The summed E-state index contributed by atoms with van der Waals surface area (Å²) in [7, 11) is 4.32. The van der Waals surface area contributed by atoms with E-state index in [2.05, 4.69) is 24.3 Å². The van der Waals surface area contributed by atoms with Gasteiger partial charge in [-0.15, -0.1) is 0 Å². The maximum absolute atomic E-state index is 9.32. The van der Waals surface area contributed by atoms with E-state index >= 15 is 0 Å². The Bertz CT molecular complexity index is 232. The highest BCUT2D eigenvalue weighted by atomic mass is 16.3. The van der Waals surface area contributed by atoms with Crippen LogP contribution in [0.1, 0.15) is 38.5 Å². The van der Waals surface area contributed by atoms with Crippen molar-refractivity contribution in [2.45, 2.75) is 44.6 Å². The number of nitrogens with one attached hydrogen (secondary N) is 1. The molecule has 0 heterocycles. The quantitative estimate of drug-likeness (QED) is 0.738. The summed E-state index contributed by atoms with van der Waals surface area (Å²) in [4.78, 5) is 2.50. The van der Waals surface area contributed by atoms with Gasteiger partial charge in [0.15, 0.2) is 0 Å². The van der Waals surface area contributed by atoms with Gasteiger partial charge >= 0.3 is 0 Å². The number of hydrogen-bond acceptors (Lipinski definition) is 3. The van der Waals surface area contributed by atoms with Gasteiger partial charge in [0.05, 0.1) is 6.10 Å². The first-order chi connectivity index (χ1) is 8.13. The molecule has 2 rings (SSSR count). The summed E-state index contributed by atoms with van der Waals surface area (Å²) in [6.07, 6.45) is 7.59. The van der Waals surface area contributed by atoms with Crippen molar-refractivity contribution in [3.8, 4) is 0 Å². The van der Waals surface area contributed by atoms with Gasteiger partial charge in [-0.1, -0.05) is 12.8 Å². The van der Waals surface area contributed by atoms with Gasteiger partial charge in [-0.25, -0.2) is 0 Å². The van der Waals surface area contributed by atoms with Crippen LogP contribution < -0.4 is 5.32 Å². The number of aliphatic hydroxyl groups excluding tert-OH is 1. The lowest BCUT2D eigenvalue weighted by molar-refractivity contribution is 0.0220. The van der Waals surface area contributed by atoms with Crippen molar-refractivity contribution in [3.05, 3.63) is 0 Å². The minimum absolute atomic E-state index is 0.00820. The minimum Gasteiger partial charge on any atom is -0.393 e. The maximum atomic E-state index is 9.32. The molecule has 0 unspecified atom stereocenters. The third kappa shape index (κ3) is 3.43. The molecule has 17 heavy (non-hydrogen) atoms. The molecule has 0 atom stereocenters. The standard InChI is InChI=1S/C14H28N2O/c1-15-10-14(5-3-4-6-14)11-16(2)9-12-7-13(17)8-12/h12-13,15,17H,3-11H2,1-2H3. The lowest BCUT2D eigenvalue weighted by atomic mass is 9.81. The van der Waals surface area contributed by atoms with Crippen molar-refractivity contribution in [2.75, 3.05) is 33.7 Å². The topological polar surface area (TPSA) is 35.5 Å². The predicted molar refractivity (Wildman–Crippen MR) is 71.1 cm³/mol. The van der Waals surface area contributed by atoms with E-state index in [1.54, 1.807) is 0 Å². The van der Waals surface area contributed by atoms with Crippen molar-refractivity contribution in [2.24, 2.45) is 11.3 Å². The van der Waals surface area contributed by atoms with Gasteiger partial charge in [-0.3, -0.25) is 0 Å². The largest absolute Gasteiger partial charge is 0.393 e. The van der Waals surface area contributed by atoms with Crippen molar-refractivity contribution in [1.82, 2.24) is 10.2 Å². The van der Waals surface area contributed by atoms with E-state index in [0.717, 1.165) is 25.3 Å². The van der Waals surface area contributed by atoms with Crippen LogP contribution in [0.15, 0.2) is 0 Å². The van der Waals surface area contributed by atoms with Gasteiger partial charge in [-0.2, -0.15) is 0 Å². The lowest BCUT2D eigenvalue weighted by Crippen LogP contribution is -2.44. The molecule has 2 N–H and O–H groups in total. The second-order valence-corrected chi connectivity index (χ2v) is 6.43. The monoisotopic (exact) mass is 240 g/mol. The number of rotatable bonds is 6. The van der Waals surface area contributed by atoms with Gasteiger partial charge in [0, 0.05) is 19.6 Å². The molecule has 0 bridgehead atoms. The van der Waals surface area contributed by atoms with Crippen molar-refractivity contribution >= 4 is 0 Å². The van der Waals surface area contributed by atoms with Crippen molar-refractivity contribution in [3.63, 3.8) is 0 Å². The van der Waals surface area contributed by atoms with Crippen LogP contribution in [0.4, 0.5) is 0 Å². The Morgan fingerprint density at radius 3 is 2.47 bits per heavy atom. The van der Waals surface area contributed by atoms with E-state index in [9.17, 15) is 5.11 Å². The van der Waals surface area contributed by atoms with Crippen molar-refractivity contribution in [1.29, 1.82) is 0 Å². The fourth-order valence-corrected chi connectivity index (χ4v) is 3.82. The van der Waals surface area contributed by atoms with Crippen LogP contribution in [0, 0.1) is 11.3 Å². The molecule has 0 aromatic heterocycles. The van der Waals surface area contributed by atoms with Crippen LogP contribution in [0.5, 0.6) is 0 Å². The fourth-order valence-electron chi connectivity index (χ4n) is 3.82. The fraction of sp³-hybridized carbons (Fsp3) is 1.00. The van der Waals surface area contributed by atoms with Crippen molar-refractivity contribution < 1.29 is 5.11 Å². The molecule has 2 aliphatic carbocycles. The lowest BCUT2D eigenvalue weighted by Gasteiger charge is -2.38. The van der Waals surface area contributed by atoms with Crippen LogP contribution in [-0.2, 0) is 0 Å². The third-order valence-corrected chi connectivity index (χ3v) is 4.60. The summed E-state index contributed by atoms with van der Waals surface area (Å²) < 4.78 is 0. The summed E-state index contributed by atoms with van der Waals surface area (Å²) in [6.45, 7) is 3.55. The Balaban J connectivity index is 1.77. The van der Waals surface area contributed by atoms with E-state index in [1.807, 2.05) is 0 Å². The Hall–Kier alpha value is -0.120. The smallest absolute Gasteiger partial charge is 0.0546 e.